The van der Waals surface area contributed by atoms with E-state index in [2.05, 4.69) is 32.2 Å². The summed E-state index contributed by atoms with van der Waals surface area (Å²) < 4.78 is 15.8. The van der Waals surface area contributed by atoms with E-state index >= 15 is 0 Å². The molecular weight excluding hydrogens is 284 g/mol. The molecule has 5 heteroatoms. The molecule has 21 heavy (non-hydrogen) atoms. The summed E-state index contributed by atoms with van der Waals surface area (Å²) in [5.41, 5.74) is 3.48. The molecule has 1 N–H and O–H groups in total. The van der Waals surface area contributed by atoms with Gasteiger partial charge in [-0.3, -0.25) is 0 Å². The largest absolute Gasteiger partial charge is 0.390 e. The summed E-state index contributed by atoms with van der Waals surface area (Å²) >= 11 is 0. The predicted octanol–water partition coefficient (Wildman–Crippen LogP) is 2.22. The van der Waals surface area contributed by atoms with E-state index in [-0.39, 0.29) is 0 Å². The van der Waals surface area contributed by atoms with E-state index in [0.717, 1.165) is 6.61 Å². The molecule has 0 radical (unpaired) electrons. The van der Waals surface area contributed by atoms with Gasteiger partial charge in [-0.05, 0) is 18.1 Å². The third kappa shape index (κ3) is 7.98. The second-order valence-corrected chi connectivity index (χ2v) is 10.5. The molecule has 0 unspecified atom stereocenters. The minimum Gasteiger partial charge on any atom is -0.390 e. The van der Waals surface area contributed by atoms with Gasteiger partial charge in [0, 0.05) is 6.42 Å². The molecule has 0 aliphatic carbocycles. The fourth-order valence-corrected chi connectivity index (χ4v) is 4.65. The first-order valence-corrected chi connectivity index (χ1v) is 10.7. The average molecular weight is 314 g/mol. The third-order valence-electron chi connectivity index (χ3n) is 4.11. The Morgan fingerprint density at radius 2 is 1.81 bits per heavy atom. The Bertz CT molecular complexity index is 321. The van der Waals surface area contributed by atoms with Crippen LogP contribution in [0.3, 0.4) is 0 Å². The molecule has 1 aliphatic heterocycles. The van der Waals surface area contributed by atoms with Crippen LogP contribution in [-0.2, 0) is 14.2 Å². The number of rotatable bonds is 11. The van der Waals surface area contributed by atoms with Crippen molar-refractivity contribution >= 4 is 8.07 Å². The quantitative estimate of drug-likeness (QED) is 0.275. The number of epoxide rings is 1. The summed E-state index contributed by atoms with van der Waals surface area (Å²) in [7, 11) is -1.38. The van der Waals surface area contributed by atoms with E-state index in [1.54, 1.807) is 0 Å². The van der Waals surface area contributed by atoms with Crippen LogP contribution in [0.25, 0.3) is 0 Å². The Morgan fingerprint density at radius 1 is 1.19 bits per heavy atom. The number of ether oxygens (including phenoxy) is 3. The lowest BCUT2D eigenvalue weighted by molar-refractivity contribution is 0.00315. The van der Waals surface area contributed by atoms with Crippen LogP contribution in [-0.4, -0.2) is 58.4 Å². The smallest absolute Gasteiger partial charge is 0.137 e. The van der Waals surface area contributed by atoms with E-state index in [9.17, 15) is 5.11 Å². The fraction of sp³-hybridized carbons (Fsp3) is 0.875. The van der Waals surface area contributed by atoms with Crippen molar-refractivity contribution in [3.8, 4) is 11.5 Å². The van der Waals surface area contributed by atoms with Crippen molar-refractivity contribution in [2.45, 2.75) is 57.5 Å². The molecule has 0 bridgehead atoms. The Morgan fingerprint density at radius 3 is 2.38 bits per heavy atom. The van der Waals surface area contributed by atoms with Gasteiger partial charge in [0.15, 0.2) is 0 Å². The molecule has 4 nitrogen and oxygen atoms in total. The van der Waals surface area contributed by atoms with Crippen molar-refractivity contribution < 1.29 is 19.3 Å². The molecule has 1 saturated heterocycles. The van der Waals surface area contributed by atoms with Gasteiger partial charge in [0.2, 0.25) is 0 Å². The maximum atomic E-state index is 9.85. The normalized spacial score (nSPS) is 19.0. The summed E-state index contributed by atoms with van der Waals surface area (Å²) in [4.78, 5) is 0. The number of aliphatic hydroxyl groups excluding tert-OH is 1. The summed E-state index contributed by atoms with van der Waals surface area (Å²) in [6, 6.07) is 3.59. The summed E-state index contributed by atoms with van der Waals surface area (Å²) in [6.07, 6.45) is 0.304. The molecule has 0 aromatic heterocycles. The average Bonchev–Trinajstić information content (AvgIpc) is 3.32. The Labute approximate surface area is 130 Å². The third-order valence-corrected chi connectivity index (χ3v) is 8.88. The van der Waals surface area contributed by atoms with E-state index in [1.807, 2.05) is 0 Å². The molecule has 1 aliphatic rings. The van der Waals surface area contributed by atoms with Gasteiger partial charge in [-0.25, -0.2) is 0 Å². The lowest BCUT2D eigenvalue weighted by Crippen LogP contribution is -2.29. The van der Waals surface area contributed by atoms with Gasteiger partial charge < -0.3 is 19.3 Å². The highest BCUT2D eigenvalue weighted by Gasteiger charge is 2.24. The van der Waals surface area contributed by atoms with Crippen LogP contribution in [0.5, 0.6) is 0 Å². The monoisotopic (exact) mass is 314 g/mol. The van der Waals surface area contributed by atoms with Crippen molar-refractivity contribution in [1.29, 1.82) is 0 Å². The number of hydrogen-bond acceptors (Lipinski definition) is 4. The van der Waals surface area contributed by atoms with Gasteiger partial charge in [-0.1, -0.05) is 20.8 Å². The van der Waals surface area contributed by atoms with Crippen molar-refractivity contribution in [2.75, 3.05) is 33.0 Å². The minimum absolute atomic E-state index is 0.297. The molecular formula is C16H30O4Si. The summed E-state index contributed by atoms with van der Waals surface area (Å²) in [6.45, 7) is 9.56. The van der Waals surface area contributed by atoms with Crippen molar-refractivity contribution in [1.82, 2.24) is 0 Å². The fourth-order valence-electron chi connectivity index (χ4n) is 2.15. The van der Waals surface area contributed by atoms with Crippen LogP contribution < -0.4 is 0 Å². The predicted molar refractivity (Wildman–Crippen MR) is 87.0 cm³/mol. The molecule has 2 atom stereocenters. The molecule has 0 aromatic carbocycles. The van der Waals surface area contributed by atoms with Crippen molar-refractivity contribution in [3.05, 3.63) is 0 Å². The summed E-state index contributed by atoms with van der Waals surface area (Å²) in [5.74, 6) is 3.19. The first-order valence-electron chi connectivity index (χ1n) is 8.11. The van der Waals surface area contributed by atoms with Gasteiger partial charge in [0.1, 0.15) is 14.2 Å². The lowest BCUT2D eigenvalue weighted by atomic mass is 10.3. The maximum Gasteiger partial charge on any atom is 0.137 e. The SMILES string of the molecule is CC[Si](C#CC[C@H](O)COCCOC[C@H]1CO1)(CC)CC. The minimum atomic E-state index is -1.38. The molecule has 0 aromatic rings. The first-order chi connectivity index (χ1) is 10.2. The van der Waals surface area contributed by atoms with Gasteiger partial charge in [-0.2, -0.15) is 0 Å². The van der Waals surface area contributed by atoms with E-state index in [1.165, 1.54) is 18.1 Å². The van der Waals surface area contributed by atoms with Crippen LogP contribution in [0.2, 0.25) is 18.1 Å². The van der Waals surface area contributed by atoms with Gasteiger partial charge in [-0.15, -0.1) is 11.5 Å². The summed E-state index contributed by atoms with van der Waals surface area (Å²) in [5, 5.41) is 9.85. The second-order valence-electron chi connectivity index (χ2n) is 5.61. The number of aliphatic hydroxyl groups is 1. The Hall–Kier alpha value is -0.383. The van der Waals surface area contributed by atoms with Gasteiger partial charge in [0.05, 0.1) is 39.1 Å². The van der Waals surface area contributed by atoms with Crippen molar-refractivity contribution in [2.24, 2.45) is 0 Å². The van der Waals surface area contributed by atoms with Gasteiger partial charge in [0.25, 0.3) is 0 Å². The molecule has 0 amide bonds. The van der Waals surface area contributed by atoms with E-state index in [0.29, 0.717) is 39.0 Å². The molecule has 0 spiro atoms. The highest BCUT2D eigenvalue weighted by molar-refractivity contribution is 6.87. The molecule has 0 saturated carbocycles. The molecule has 1 rings (SSSR count). The lowest BCUT2D eigenvalue weighted by Gasteiger charge is -2.20. The van der Waals surface area contributed by atoms with E-state index in [4.69, 9.17) is 14.2 Å². The first kappa shape index (κ1) is 18.7. The van der Waals surface area contributed by atoms with Crippen LogP contribution in [0.1, 0.15) is 27.2 Å². The second kappa shape index (κ2) is 10.4. The molecule has 1 heterocycles. The Balaban J connectivity index is 2.08. The van der Waals surface area contributed by atoms with Crippen LogP contribution in [0.15, 0.2) is 0 Å². The van der Waals surface area contributed by atoms with Crippen LogP contribution >= 0.6 is 0 Å². The highest BCUT2D eigenvalue weighted by Crippen LogP contribution is 2.18. The van der Waals surface area contributed by atoms with Crippen LogP contribution in [0.4, 0.5) is 0 Å². The highest BCUT2D eigenvalue weighted by atomic mass is 28.3. The maximum absolute atomic E-state index is 9.85. The zero-order chi connectivity index (χ0) is 15.6. The number of hydrogen-bond donors (Lipinski definition) is 1. The standard InChI is InChI=1S/C16H30O4Si/c1-4-21(5-2,6-3)11-7-8-15(17)12-18-9-10-19-13-16-14-20-16/h15-17H,4-6,8-10,12-14H2,1-3H3/t15-,16-/m0/s1. The van der Waals surface area contributed by atoms with Crippen LogP contribution in [0, 0.1) is 11.5 Å². The molecule has 122 valence electrons. The topological polar surface area (TPSA) is 51.2 Å². The van der Waals surface area contributed by atoms with Crippen molar-refractivity contribution in [3.63, 3.8) is 0 Å². The Kier molecular flexibility index (Phi) is 9.21. The zero-order valence-corrected chi connectivity index (χ0v) is 14.7. The zero-order valence-electron chi connectivity index (χ0n) is 13.7. The molecule has 1 fully saturated rings. The van der Waals surface area contributed by atoms with E-state index < -0.39 is 14.2 Å². The van der Waals surface area contributed by atoms with Gasteiger partial charge >= 0.3 is 0 Å².